The van der Waals surface area contributed by atoms with Crippen LogP contribution in [0.4, 0.5) is 0 Å². The van der Waals surface area contributed by atoms with Crippen molar-refractivity contribution in [2.75, 3.05) is 20.6 Å². The molecule has 0 radical (unpaired) electrons. The Morgan fingerprint density at radius 2 is 1.66 bits per heavy atom. The minimum Gasteiger partial charge on any atom is -0.506 e. The number of hydrogen-bond donors (Lipinski definition) is 3. The Kier molecular flexibility index (Phi) is 4.83. The van der Waals surface area contributed by atoms with Crippen LogP contribution < -0.4 is 5.32 Å². The molecule has 32 heavy (non-hydrogen) atoms. The van der Waals surface area contributed by atoms with Crippen molar-refractivity contribution in [3.63, 3.8) is 0 Å². The van der Waals surface area contributed by atoms with E-state index in [9.17, 15) is 14.7 Å². The van der Waals surface area contributed by atoms with Gasteiger partial charge in [0.15, 0.2) is 0 Å². The lowest BCUT2D eigenvalue weighted by molar-refractivity contribution is -0.122. The van der Waals surface area contributed by atoms with E-state index >= 15 is 0 Å². The van der Waals surface area contributed by atoms with Gasteiger partial charge in [0.05, 0.1) is 16.7 Å². The van der Waals surface area contributed by atoms with Crippen molar-refractivity contribution in [3.8, 4) is 5.75 Å². The summed E-state index contributed by atoms with van der Waals surface area (Å²) in [5, 5.41) is 14.7. The van der Waals surface area contributed by atoms with Crippen molar-refractivity contribution in [2.45, 2.75) is 13.0 Å². The number of rotatable bonds is 6. The molecule has 3 heterocycles. The number of para-hydroxylation sites is 2. The number of amides is 2. The van der Waals surface area contributed by atoms with Crippen LogP contribution in [0.1, 0.15) is 17.5 Å². The number of fused-ring (bicyclic) bond motifs is 2. The molecule has 0 unspecified atom stereocenters. The molecule has 2 aromatic heterocycles. The second-order valence-corrected chi connectivity index (χ2v) is 8.35. The molecule has 2 amide bonds. The third kappa shape index (κ3) is 3.18. The van der Waals surface area contributed by atoms with Gasteiger partial charge in [0.1, 0.15) is 5.75 Å². The molecular formula is C25H24N4O3. The third-order valence-electron chi connectivity index (χ3n) is 5.94. The van der Waals surface area contributed by atoms with Crippen LogP contribution in [0.5, 0.6) is 5.75 Å². The fourth-order valence-corrected chi connectivity index (χ4v) is 4.52. The molecule has 7 nitrogen and oxygen atoms in total. The Morgan fingerprint density at radius 1 is 0.938 bits per heavy atom. The molecule has 1 aliphatic rings. The van der Waals surface area contributed by atoms with Crippen LogP contribution in [-0.2, 0) is 16.1 Å². The van der Waals surface area contributed by atoms with E-state index in [2.05, 4.69) is 15.2 Å². The lowest BCUT2D eigenvalue weighted by atomic mass is 9.95. The van der Waals surface area contributed by atoms with Crippen LogP contribution in [0.2, 0.25) is 0 Å². The zero-order chi connectivity index (χ0) is 22.4. The van der Waals surface area contributed by atoms with Crippen molar-refractivity contribution >= 4 is 44.8 Å². The van der Waals surface area contributed by atoms with E-state index in [1.54, 1.807) is 18.3 Å². The van der Waals surface area contributed by atoms with Crippen molar-refractivity contribution in [1.82, 2.24) is 19.8 Å². The number of imide groups is 1. The minimum atomic E-state index is -0.425. The van der Waals surface area contributed by atoms with Gasteiger partial charge < -0.3 is 19.6 Å². The number of H-pyrrole nitrogens is 1. The van der Waals surface area contributed by atoms with Gasteiger partial charge in [-0.1, -0.05) is 30.3 Å². The lowest BCUT2D eigenvalue weighted by Crippen LogP contribution is -2.22. The Balaban J connectivity index is 1.73. The zero-order valence-electron chi connectivity index (χ0n) is 18.0. The normalized spacial score (nSPS) is 14.3. The third-order valence-corrected chi connectivity index (χ3v) is 5.94. The summed E-state index contributed by atoms with van der Waals surface area (Å²) in [5.41, 5.74) is 3.58. The first kappa shape index (κ1) is 20.1. The van der Waals surface area contributed by atoms with Gasteiger partial charge in [0.25, 0.3) is 11.8 Å². The van der Waals surface area contributed by atoms with Gasteiger partial charge in [0.2, 0.25) is 0 Å². The van der Waals surface area contributed by atoms with Crippen LogP contribution in [0.3, 0.4) is 0 Å². The summed E-state index contributed by atoms with van der Waals surface area (Å²) in [4.78, 5) is 31.2. The molecule has 0 atom stereocenters. The first-order chi connectivity index (χ1) is 15.5. The van der Waals surface area contributed by atoms with Gasteiger partial charge in [-0.2, -0.15) is 0 Å². The largest absolute Gasteiger partial charge is 0.506 e. The Morgan fingerprint density at radius 3 is 2.44 bits per heavy atom. The number of phenols is 1. The molecule has 1 aliphatic heterocycles. The van der Waals surface area contributed by atoms with E-state index in [-0.39, 0.29) is 5.75 Å². The molecule has 0 saturated carbocycles. The van der Waals surface area contributed by atoms with Crippen LogP contribution in [-0.4, -0.2) is 52.0 Å². The maximum absolute atomic E-state index is 13.0. The standard InChI is InChI=1S/C25H24N4O3/c1-28(2)11-6-12-29-14-18(16-8-5-10-20(30)23(16)29)22-21(24(31)27-25(22)32)17-13-26-19-9-4-3-7-15(17)19/h3-5,7-10,13-14,26,30H,6,11-12H2,1-2H3,(H,27,31,32). The molecule has 4 aromatic rings. The summed E-state index contributed by atoms with van der Waals surface area (Å²) in [6.45, 7) is 1.57. The van der Waals surface area contributed by atoms with Gasteiger partial charge in [-0.15, -0.1) is 0 Å². The van der Waals surface area contributed by atoms with Crippen LogP contribution in [0.25, 0.3) is 33.0 Å². The van der Waals surface area contributed by atoms with E-state index in [1.165, 1.54) is 0 Å². The highest BCUT2D eigenvalue weighted by Crippen LogP contribution is 2.40. The van der Waals surface area contributed by atoms with Crippen LogP contribution >= 0.6 is 0 Å². The highest BCUT2D eigenvalue weighted by atomic mass is 16.3. The summed E-state index contributed by atoms with van der Waals surface area (Å²) in [6.07, 6.45) is 4.53. The fraction of sp³-hybridized carbons (Fsp3) is 0.200. The Bertz CT molecular complexity index is 1410. The maximum atomic E-state index is 13.0. The van der Waals surface area contributed by atoms with E-state index < -0.39 is 11.8 Å². The molecule has 162 valence electrons. The number of nitrogens with zero attached hydrogens (tertiary/aromatic N) is 2. The molecule has 0 aliphatic carbocycles. The number of carbonyl (C=O) groups is 2. The smallest absolute Gasteiger partial charge is 0.259 e. The number of phenolic OH excluding ortho intramolecular Hbond substituents is 1. The molecule has 5 rings (SSSR count). The Labute approximate surface area is 184 Å². The number of carbonyl (C=O) groups excluding carboxylic acids is 2. The summed E-state index contributed by atoms with van der Waals surface area (Å²) in [6, 6.07) is 13.0. The topological polar surface area (TPSA) is 90.4 Å². The molecule has 2 aromatic carbocycles. The highest BCUT2D eigenvalue weighted by molar-refractivity contribution is 6.50. The molecular weight excluding hydrogens is 404 g/mol. The van der Waals surface area contributed by atoms with E-state index in [4.69, 9.17) is 0 Å². The predicted octanol–water partition coefficient (Wildman–Crippen LogP) is 3.35. The molecule has 0 fully saturated rings. The summed E-state index contributed by atoms with van der Waals surface area (Å²) >= 11 is 0. The van der Waals surface area contributed by atoms with Gasteiger partial charge >= 0.3 is 0 Å². The number of hydrogen-bond acceptors (Lipinski definition) is 4. The number of benzene rings is 2. The van der Waals surface area contributed by atoms with Gasteiger partial charge in [0, 0.05) is 46.4 Å². The molecule has 7 heteroatoms. The fourth-order valence-electron chi connectivity index (χ4n) is 4.52. The lowest BCUT2D eigenvalue weighted by Gasteiger charge is -2.10. The van der Waals surface area contributed by atoms with Crippen LogP contribution in [0, 0.1) is 0 Å². The SMILES string of the molecule is CN(C)CCCn1cc(C2=C(c3c[nH]c4ccccc34)C(=O)NC2=O)c2cccc(O)c21. The average Bonchev–Trinajstić information content (AvgIpc) is 3.41. The van der Waals surface area contributed by atoms with Gasteiger partial charge in [-0.3, -0.25) is 14.9 Å². The summed E-state index contributed by atoms with van der Waals surface area (Å²) in [5.74, 6) is -0.688. The van der Waals surface area contributed by atoms with E-state index in [1.807, 2.05) is 55.2 Å². The second-order valence-electron chi connectivity index (χ2n) is 8.35. The van der Waals surface area contributed by atoms with Crippen molar-refractivity contribution in [1.29, 1.82) is 0 Å². The van der Waals surface area contributed by atoms with Crippen molar-refractivity contribution < 1.29 is 14.7 Å². The van der Waals surface area contributed by atoms with Gasteiger partial charge in [-0.25, -0.2) is 0 Å². The first-order valence-electron chi connectivity index (χ1n) is 10.6. The summed E-state index contributed by atoms with van der Waals surface area (Å²) in [7, 11) is 4.03. The van der Waals surface area contributed by atoms with Crippen LogP contribution in [0.15, 0.2) is 54.9 Å². The monoisotopic (exact) mass is 428 g/mol. The van der Waals surface area contributed by atoms with Gasteiger partial charge in [-0.05, 0) is 39.2 Å². The second kappa shape index (κ2) is 7.69. The number of aryl methyl sites for hydroxylation is 1. The zero-order valence-corrected chi connectivity index (χ0v) is 18.0. The van der Waals surface area contributed by atoms with Crippen molar-refractivity contribution in [2.24, 2.45) is 0 Å². The van der Waals surface area contributed by atoms with E-state index in [0.717, 1.165) is 29.3 Å². The van der Waals surface area contributed by atoms with Crippen molar-refractivity contribution in [3.05, 3.63) is 66.0 Å². The maximum Gasteiger partial charge on any atom is 0.259 e. The molecule has 0 saturated heterocycles. The van der Waals surface area contributed by atoms with E-state index in [0.29, 0.717) is 34.3 Å². The molecule has 0 spiro atoms. The first-order valence-corrected chi connectivity index (χ1v) is 10.6. The number of aromatic amines is 1. The molecule has 3 N–H and O–H groups in total. The quantitative estimate of drug-likeness (QED) is 0.411. The number of aromatic nitrogens is 2. The minimum absolute atomic E-state index is 0.151. The average molecular weight is 428 g/mol. The number of aromatic hydroxyl groups is 1. The highest BCUT2D eigenvalue weighted by Gasteiger charge is 2.35. The number of nitrogens with one attached hydrogen (secondary N) is 2. The molecule has 0 bridgehead atoms. The summed E-state index contributed by atoms with van der Waals surface area (Å²) < 4.78 is 1.97. The predicted molar refractivity (Wildman–Crippen MR) is 125 cm³/mol. The Hall–Kier alpha value is -3.84.